The maximum absolute atomic E-state index is 13.2. The average molecular weight is 506 g/mol. The van der Waals surface area contributed by atoms with E-state index in [0.29, 0.717) is 5.69 Å². The molecule has 1 spiro atoms. The Hall–Kier alpha value is -3.04. The number of likely N-dealkylation sites (N-methyl/N-ethyl adjacent to an activating group) is 1. The minimum atomic E-state index is -3.47. The van der Waals surface area contributed by atoms with E-state index in [4.69, 9.17) is 4.98 Å². The Labute approximate surface area is 211 Å². The molecule has 4 heterocycles. The fourth-order valence-corrected chi connectivity index (χ4v) is 6.74. The van der Waals surface area contributed by atoms with E-state index in [1.165, 1.54) is 6.26 Å². The molecule has 188 valence electrons. The van der Waals surface area contributed by atoms with E-state index in [1.54, 1.807) is 4.90 Å². The van der Waals surface area contributed by atoms with Gasteiger partial charge in [0.05, 0.1) is 40.5 Å². The monoisotopic (exact) mass is 505 g/mol. The van der Waals surface area contributed by atoms with Gasteiger partial charge in [-0.05, 0) is 69.6 Å². The Balaban J connectivity index is 1.46. The molecule has 1 saturated heterocycles. The molecule has 3 aliphatic rings. The van der Waals surface area contributed by atoms with Gasteiger partial charge >= 0.3 is 0 Å². The van der Waals surface area contributed by atoms with Gasteiger partial charge in [-0.1, -0.05) is 12.5 Å². The van der Waals surface area contributed by atoms with Crippen LogP contribution in [0.15, 0.2) is 36.7 Å². The van der Waals surface area contributed by atoms with Crippen LogP contribution in [0.25, 0.3) is 22.0 Å². The largest absolute Gasteiger partial charge is 0.313 e. The van der Waals surface area contributed by atoms with Gasteiger partial charge in [0.2, 0.25) is 15.9 Å². The van der Waals surface area contributed by atoms with Crippen molar-refractivity contribution >= 4 is 38.2 Å². The first-order chi connectivity index (χ1) is 17.2. The Morgan fingerprint density at radius 1 is 1.03 bits per heavy atom. The second-order valence-corrected chi connectivity index (χ2v) is 12.4. The summed E-state index contributed by atoms with van der Waals surface area (Å²) in [7, 11) is 0.470. The molecule has 0 radical (unpaired) electrons. The molecule has 1 aromatic carbocycles. The van der Waals surface area contributed by atoms with Gasteiger partial charge in [-0.15, -0.1) is 0 Å². The predicted octanol–water partition coefficient (Wildman–Crippen LogP) is 3.88. The van der Waals surface area contributed by atoms with Crippen LogP contribution >= 0.6 is 0 Å². The molecule has 1 saturated carbocycles. The minimum Gasteiger partial charge on any atom is -0.313 e. The van der Waals surface area contributed by atoms with Gasteiger partial charge in [-0.2, -0.15) is 0 Å². The number of amides is 1. The third-order valence-corrected chi connectivity index (χ3v) is 8.85. The average Bonchev–Trinajstić information content (AvgIpc) is 3.06. The summed E-state index contributed by atoms with van der Waals surface area (Å²) in [5, 5.41) is 0.986. The van der Waals surface area contributed by atoms with Gasteiger partial charge in [0.25, 0.3) is 0 Å². The molecule has 2 aliphatic heterocycles. The fraction of sp³-hybridized carbons (Fsp3) is 0.444. The van der Waals surface area contributed by atoms with E-state index in [2.05, 4.69) is 27.7 Å². The lowest BCUT2D eigenvalue weighted by atomic mass is 9.64. The van der Waals surface area contributed by atoms with Crippen LogP contribution in [0.3, 0.4) is 0 Å². The van der Waals surface area contributed by atoms with Crippen molar-refractivity contribution in [3.8, 4) is 11.1 Å². The SMILES string of the molecule is CN1CCC(c2ncc(-c3ccc4ncc5c(c4c3)C3(CCC3)C(=O)N5C)cc2NS(C)(=O)=O)CC1. The van der Waals surface area contributed by atoms with Gasteiger partial charge in [-0.3, -0.25) is 19.5 Å². The van der Waals surface area contributed by atoms with E-state index < -0.39 is 15.4 Å². The number of carbonyl (C=O) groups is 1. The number of benzene rings is 1. The second-order valence-electron chi connectivity index (χ2n) is 10.7. The van der Waals surface area contributed by atoms with Crippen LogP contribution in [-0.4, -0.2) is 62.6 Å². The summed E-state index contributed by atoms with van der Waals surface area (Å²) in [5.74, 6) is 0.371. The number of nitrogens with zero attached hydrogens (tertiary/aromatic N) is 4. The number of aromatic nitrogens is 2. The minimum absolute atomic E-state index is 0.159. The summed E-state index contributed by atoms with van der Waals surface area (Å²) < 4.78 is 27.2. The van der Waals surface area contributed by atoms with E-state index in [0.717, 1.165) is 84.2 Å². The van der Waals surface area contributed by atoms with E-state index in [9.17, 15) is 13.2 Å². The number of sulfonamides is 1. The number of carbonyl (C=O) groups excluding carboxylic acids is 1. The van der Waals surface area contributed by atoms with Crippen LogP contribution in [0, 0.1) is 0 Å². The number of likely N-dealkylation sites (tertiary alicyclic amines) is 1. The van der Waals surface area contributed by atoms with Gasteiger partial charge in [0.1, 0.15) is 0 Å². The van der Waals surface area contributed by atoms with Crippen LogP contribution in [0.5, 0.6) is 0 Å². The van der Waals surface area contributed by atoms with Crippen molar-refractivity contribution in [1.82, 2.24) is 14.9 Å². The molecule has 6 rings (SSSR count). The number of hydrogen-bond donors (Lipinski definition) is 1. The summed E-state index contributed by atoms with van der Waals surface area (Å²) in [6, 6.07) is 7.96. The van der Waals surface area contributed by atoms with E-state index in [1.807, 2.05) is 37.6 Å². The Morgan fingerprint density at radius 3 is 2.44 bits per heavy atom. The van der Waals surface area contributed by atoms with Crippen LogP contribution in [-0.2, 0) is 20.2 Å². The molecular weight excluding hydrogens is 474 g/mol. The van der Waals surface area contributed by atoms with Crippen molar-refractivity contribution in [3.63, 3.8) is 0 Å². The zero-order valence-corrected chi connectivity index (χ0v) is 21.7. The van der Waals surface area contributed by atoms with Gasteiger partial charge in [0, 0.05) is 35.7 Å². The molecule has 2 fully saturated rings. The summed E-state index contributed by atoms with van der Waals surface area (Å²) in [6.45, 7) is 1.92. The van der Waals surface area contributed by atoms with Crippen molar-refractivity contribution in [2.24, 2.45) is 0 Å². The van der Waals surface area contributed by atoms with E-state index in [-0.39, 0.29) is 11.8 Å². The van der Waals surface area contributed by atoms with Gasteiger partial charge in [0.15, 0.2) is 0 Å². The zero-order chi connectivity index (χ0) is 25.2. The molecular formula is C27H31N5O3S. The molecule has 8 nitrogen and oxygen atoms in total. The van der Waals surface area contributed by atoms with Crippen molar-refractivity contribution in [2.75, 3.05) is 43.1 Å². The molecule has 36 heavy (non-hydrogen) atoms. The lowest BCUT2D eigenvalue weighted by Crippen LogP contribution is -2.43. The Bertz CT molecular complexity index is 1490. The number of fused-ring (bicyclic) bond motifs is 4. The molecule has 0 bridgehead atoms. The van der Waals surface area contributed by atoms with Crippen LogP contribution < -0.4 is 9.62 Å². The van der Waals surface area contributed by atoms with Crippen molar-refractivity contribution in [1.29, 1.82) is 0 Å². The fourth-order valence-electron chi connectivity index (χ4n) is 6.17. The molecule has 9 heteroatoms. The first kappa shape index (κ1) is 23.4. The van der Waals surface area contributed by atoms with Crippen molar-refractivity contribution in [2.45, 2.75) is 43.4 Å². The lowest BCUT2D eigenvalue weighted by molar-refractivity contribution is -0.125. The lowest BCUT2D eigenvalue weighted by Gasteiger charge is -2.37. The summed E-state index contributed by atoms with van der Waals surface area (Å²) in [6.07, 6.45) is 9.49. The number of nitrogens with one attached hydrogen (secondary N) is 1. The second kappa shape index (κ2) is 8.24. The smallest absolute Gasteiger partial charge is 0.237 e. The topological polar surface area (TPSA) is 95.5 Å². The predicted molar refractivity (Wildman–Crippen MR) is 142 cm³/mol. The van der Waals surface area contributed by atoms with Crippen LogP contribution in [0.4, 0.5) is 11.4 Å². The van der Waals surface area contributed by atoms with Crippen LogP contribution in [0.2, 0.25) is 0 Å². The molecule has 1 aliphatic carbocycles. The van der Waals surface area contributed by atoms with Crippen LogP contribution in [0.1, 0.15) is 49.3 Å². The maximum atomic E-state index is 13.2. The van der Waals surface area contributed by atoms with Gasteiger partial charge < -0.3 is 9.80 Å². The number of pyridine rings is 2. The van der Waals surface area contributed by atoms with Crippen molar-refractivity contribution in [3.05, 3.63) is 47.9 Å². The molecule has 1 N–H and O–H groups in total. The highest BCUT2D eigenvalue weighted by molar-refractivity contribution is 7.92. The first-order valence-corrected chi connectivity index (χ1v) is 14.4. The molecule has 0 unspecified atom stereocenters. The highest BCUT2D eigenvalue weighted by Gasteiger charge is 2.54. The first-order valence-electron chi connectivity index (χ1n) is 12.5. The molecule has 0 atom stereocenters. The number of piperidine rings is 1. The molecule has 3 aromatic rings. The quantitative estimate of drug-likeness (QED) is 0.578. The summed E-state index contributed by atoms with van der Waals surface area (Å²) >= 11 is 0. The molecule has 2 aromatic heterocycles. The summed E-state index contributed by atoms with van der Waals surface area (Å²) in [5.41, 5.74) is 5.50. The Kier molecular flexibility index (Phi) is 5.35. The number of hydrogen-bond acceptors (Lipinski definition) is 6. The standard InChI is InChI=1S/C27H31N5O3S/c1-31-11-7-17(8-12-31)25-22(30-36(3,34)35)14-19(15-29-25)18-5-6-21-20(13-18)24-23(16-28-21)32(2)26(33)27(24)9-4-10-27/h5-6,13-17,30H,4,7-12H2,1-3H3. The van der Waals surface area contributed by atoms with Crippen molar-refractivity contribution < 1.29 is 13.2 Å². The molecule has 1 amide bonds. The highest BCUT2D eigenvalue weighted by atomic mass is 32.2. The highest BCUT2D eigenvalue weighted by Crippen LogP contribution is 2.55. The normalized spacial score (nSPS) is 20.1. The third kappa shape index (κ3) is 3.67. The maximum Gasteiger partial charge on any atom is 0.237 e. The number of anilines is 2. The zero-order valence-electron chi connectivity index (χ0n) is 20.9. The van der Waals surface area contributed by atoms with E-state index >= 15 is 0 Å². The summed E-state index contributed by atoms with van der Waals surface area (Å²) in [4.78, 5) is 26.6. The number of rotatable bonds is 4. The Morgan fingerprint density at radius 2 is 1.78 bits per heavy atom. The third-order valence-electron chi connectivity index (χ3n) is 8.26. The van der Waals surface area contributed by atoms with Gasteiger partial charge in [-0.25, -0.2) is 8.42 Å².